The number of aromatic nitrogens is 4. The summed E-state index contributed by atoms with van der Waals surface area (Å²) in [6.07, 6.45) is 0.837. The van der Waals surface area contributed by atoms with Crippen molar-refractivity contribution < 1.29 is 22.4 Å². The Balaban J connectivity index is 1.29. The van der Waals surface area contributed by atoms with E-state index >= 15 is 0 Å². The quantitative estimate of drug-likeness (QED) is 0.256. The largest absolute Gasteiger partial charge is 0.447 e. The van der Waals surface area contributed by atoms with Crippen LogP contribution in [0.3, 0.4) is 0 Å². The van der Waals surface area contributed by atoms with Crippen molar-refractivity contribution in [3.8, 4) is 5.69 Å². The molecule has 2 aromatic heterocycles. The lowest BCUT2D eigenvalue weighted by atomic mass is 10.1. The Labute approximate surface area is 234 Å². The van der Waals surface area contributed by atoms with E-state index in [-0.39, 0.29) is 17.4 Å². The lowest BCUT2D eigenvalue weighted by Crippen LogP contribution is -2.37. The molecule has 0 aliphatic carbocycles. The summed E-state index contributed by atoms with van der Waals surface area (Å²) in [4.78, 5) is 19.2. The van der Waals surface area contributed by atoms with Gasteiger partial charge in [0.2, 0.25) is 5.89 Å². The van der Waals surface area contributed by atoms with Crippen LogP contribution in [0.2, 0.25) is 0 Å². The molecule has 0 bridgehead atoms. The van der Waals surface area contributed by atoms with E-state index < -0.39 is 11.7 Å². The fourth-order valence-electron chi connectivity index (χ4n) is 4.58. The topological polar surface area (TPSA) is 89.1 Å². The van der Waals surface area contributed by atoms with Crippen LogP contribution in [-0.2, 0) is 18.3 Å². The zero-order chi connectivity index (χ0) is 28.0. The summed E-state index contributed by atoms with van der Waals surface area (Å²) in [7, 11) is 0. The summed E-state index contributed by atoms with van der Waals surface area (Å²) >= 11 is 1.21. The maximum absolute atomic E-state index is 13.5. The summed E-state index contributed by atoms with van der Waals surface area (Å²) in [5.74, 6) is 0.696. The standard InChI is InChI=1S/C28H29F3N6O2S/c29-28(30,31)21-10-7-11-22(17-21)37-24(16-20-8-3-1-4-9-20)34-35-27(37)40-19-25-33-23(18-39-25)26(38)32-12-15-36-13-5-2-6-14-36/h1,3-4,7-11,17-18H,2,5-6,12-16,19H2,(H,32,38). The van der Waals surface area contributed by atoms with E-state index in [9.17, 15) is 18.0 Å². The van der Waals surface area contributed by atoms with Gasteiger partial charge in [0.25, 0.3) is 5.91 Å². The molecule has 1 fully saturated rings. The number of halogens is 3. The van der Waals surface area contributed by atoms with E-state index in [1.54, 1.807) is 10.6 Å². The first-order valence-corrected chi connectivity index (χ1v) is 14.1. The number of amides is 1. The van der Waals surface area contributed by atoms with Gasteiger partial charge in [0.05, 0.1) is 17.0 Å². The van der Waals surface area contributed by atoms with Crippen molar-refractivity contribution in [1.82, 2.24) is 30.0 Å². The molecule has 4 aromatic rings. The van der Waals surface area contributed by atoms with E-state index in [1.807, 2.05) is 30.3 Å². The van der Waals surface area contributed by atoms with Crippen molar-refractivity contribution in [3.63, 3.8) is 0 Å². The monoisotopic (exact) mass is 570 g/mol. The van der Waals surface area contributed by atoms with Gasteiger partial charge in [-0.1, -0.05) is 54.6 Å². The van der Waals surface area contributed by atoms with Crippen LogP contribution in [0.5, 0.6) is 0 Å². The third kappa shape index (κ3) is 7.11. The predicted molar refractivity (Wildman–Crippen MR) is 144 cm³/mol. The van der Waals surface area contributed by atoms with Crippen molar-refractivity contribution in [2.24, 2.45) is 0 Å². The SMILES string of the molecule is O=C(NCCN1CCCCC1)c1coc(CSc2nnc(Cc3ccccc3)n2-c2cccc(C(F)(F)F)c2)n1. The number of rotatable bonds is 10. The van der Waals surface area contributed by atoms with Crippen LogP contribution in [-0.4, -0.2) is 56.7 Å². The summed E-state index contributed by atoms with van der Waals surface area (Å²) in [6, 6.07) is 14.6. The first-order chi connectivity index (χ1) is 19.4. The van der Waals surface area contributed by atoms with E-state index in [2.05, 4.69) is 25.4 Å². The van der Waals surface area contributed by atoms with Crippen LogP contribution in [0, 0.1) is 0 Å². The van der Waals surface area contributed by atoms with Gasteiger partial charge in [-0.15, -0.1) is 10.2 Å². The van der Waals surface area contributed by atoms with Gasteiger partial charge >= 0.3 is 6.18 Å². The second kappa shape index (κ2) is 12.7. The molecule has 0 radical (unpaired) electrons. The molecule has 0 saturated carbocycles. The maximum atomic E-state index is 13.5. The van der Waals surface area contributed by atoms with Crippen LogP contribution < -0.4 is 5.32 Å². The van der Waals surface area contributed by atoms with Gasteiger partial charge in [-0.2, -0.15) is 13.2 Å². The summed E-state index contributed by atoms with van der Waals surface area (Å²) in [6.45, 7) is 3.43. The number of thioether (sulfide) groups is 1. The molecular formula is C28H29F3N6O2S. The van der Waals surface area contributed by atoms with Gasteiger partial charge in [0.1, 0.15) is 12.1 Å². The molecule has 8 nitrogen and oxygen atoms in total. The van der Waals surface area contributed by atoms with E-state index in [0.29, 0.717) is 35.5 Å². The second-order valence-corrected chi connectivity index (χ2v) is 10.5. The average molecular weight is 571 g/mol. The van der Waals surface area contributed by atoms with Crippen LogP contribution in [0.4, 0.5) is 13.2 Å². The van der Waals surface area contributed by atoms with E-state index in [1.165, 1.54) is 43.4 Å². The number of hydrogen-bond acceptors (Lipinski definition) is 7. The summed E-state index contributed by atoms with van der Waals surface area (Å²) in [5.41, 5.74) is 0.667. The van der Waals surface area contributed by atoms with Crippen LogP contribution >= 0.6 is 11.8 Å². The second-order valence-electron chi connectivity index (χ2n) is 9.52. The number of oxazole rings is 1. The van der Waals surface area contributed by atoms with Crippen molar-refractivity contribution >= 4 is 17.7 Å². The van der Waals surface area contributed by atoms with Gasteiger partial charge in [-0.25, -0.2) is 4.98 Å². The predicted octanol–water partition coefficient (Wildman–Crippen LogP) is 5.37. The Morgan fingerprint density at radius 1 is 1.02 bits per heavy atom. The van der Waals surface area contributed by atoms with Gasteiger partial charge in [-0.3, -0.25) is 9.36 Å². The maximum Gasteiger partial charge on any atom is 0.416 e. The van der Waals surface area contributed by atoms with Crippen LogP contribution in [0.1, 0.15) is 52.6 Å². The smallest absolute Gasteiger partial charge is 0.416 e. The Hall–Kier alpha value is -3.64. The molecule has 2 aromatic carbocycles. The number of nitrogens with one attached hydrogen (secondary N) is 1. The molecule has 0 spiro atoms. The van der Waals surface area contributed by atoms with Crippen molar-refractivity contribution in [1.29, 1.82) is 0 Å². The Bertz CT molecular complexity index is 1420. The van der Waals surface area contributed by atoms with Crippen molar-refractivity contribution in [2.45, 2.75) is 42.8 Å². The van der Waals surface area contributed by atoms with E-state index in [0.717, 1.165) is 37.3 Å². The molecule has 1 aliphatic heterocycles. The minimum absolute atomic E-state index is 0.179. The number of carbonyl (C=O) groups excluding carboxylic acids is 1. The molecular weight excluding hydrogens is 541 g/mol. The third-order valence-corrected chi connectivity index (χ3v) is 7.52. The first kappa shape index (κ1) is 27.9. The summed E-state index contributed by atoms with van der Waals surface area (Å²) in [5, 5.41) is 11.8. The molecule has 1 N–H and O–H groups in total. The molecule has 0 atom stereocenters. The highest BCUT2D eigenvalue weighted by molar-refractivity contribution is 7.98. The lowest BCUT2D eigenvalue weighted by molar-refractivity contribution is -0.137. The number of alkyl halides is 3. The lowest BCUT2D eigenvalue weighted by Gasteiger charge is -2.26. The minimum Gasteiger partial charge on any atom is -0.447 e. The number of carbonyl (C=O) groups is 1. The molecule has 1 amide bonds. The zero-order valence-electron chi connectivity index (χ0n) is 21.7. The van der Waals surface area contributed by atoms with Crippen molar-refractivity contribution in [3.05, 3.63) is 89.4 Å². The van der Waals surface area contributed by atoms with Gasteiger partial charge in [0, 0.05) is 19.5 Å². The average Bonchev–Trinajstić information content (AvgIpc) is 3.60. The highest BCUT2D eigenvalue weighted by Crippen LogP contribution is 2.32. The fraction of sp³-hybridized carbons (Fsp3) is 0.357. The molecule has 1 saturated heterocycles. The number of piperidine rings is 1. The Kier molecular flexibility index (Phi) is 8.85. The zero-order valence-corrected chi connectivity index (χ0v) is 22.5. The molecule has 40 heavy (non-hydrogen) atoms. The number of hydrogen-bond donors (Lipinski definition) is 1. The summed E-state index contributed by atoms with van der Waals surface area (Å²) < 4.78 is 47.5. The number of nitrogens with zero attached hydrogens (tertiary/aromatic N) is 5. The Morgan fingerprint density at radius 2 is 1.82 bits per heavy atom. The van der Waals surface area contributed by atoms with E-state index in [4.69, 9.17) is 4.42 Å². The fourth-order valence-corrected chi connectivity index (χ4v) is 5.40. The van der Waals surface area contributed by atoms with Crippen LogP contribution in [0.15, 0.2) is 70.4 Å². The first-order valence-electron chi connectivity index (χ1n) is 13.1. The third-order valence-electron chi connectivity index (χ3n) is 6.61. The molecule has 5 rings (SSSR count). The highest BCUT2D eigenvalue weighted by atomic mass is 32.2. The molecule has 210 valence electrons. The normalized spacial score (nSPS) is 14.4. The molecule has 12 heteroatoms. The molecule has 1 aliphatic rings. The highest BCUT2D eigenvalue weighted by Gasteiger charge is 2.31. The number of likely N-dealkylation sites (tertiary alicyclic amines) is 1. The number of benzene rings is 2. The van der Waals surface area contributed by atoms with Gasteiger partial charge in [0.15, 0.2) is 10.9 Å². The minimum atomic E-state index is -4.49. The van der Waals surface area contributed by atoms with Gasteiger partial charge in [-0.05, 0) is 49.7 Å². The Morgan fingerprint density at radius 3 is 2.60 bits per heavy atom. The molecule has 0 unspecified atom stereocenters. The van der Waals surface area contributed by atoms with Gasteiger partial charge < -0.3 is 14.6 Å². The molecule has 3 heterocycles. The van der Waals surface area contributed by atoms with Crippen LogP contribution in [0.25, 0.3) is 5.69 Å². The van der Waals surface area contributed by atoms with Crippen molar-refractivity contribution in [2.75, 3.05) is 26.2 Å².